The number of nitrogens with one attached hydrogen (secondary N) is 1. The van der Waals surface area contributed by atoms with Crippen LogP contribution in [0.4, 0.5) is 13.6 Å². The molecule has 1 heterocycles. The zero-order chi connectivity index (χ0) is 23.1. The van der Waals surface area contributed by atoms with Crippen LogP contribution in [0.15, 0.2) is 53.6 Å². The van der Waals surface area contributed by atoms with E-state index in [-0.39, 0.29) is 37.2 Å². The quantitative estimate of drug-likeness (QED) is 0.679. The van der Waals surface area contributed by atoms with Crippen molar-refractivity contribution in [1.82, 2.24) is 15.2 Å². The number of rotatable bonds is 8. The minimum Gasteiger partial charge on any atom is -0.383 e. The molecule has 9 heteroatoms. The van der Waals surface area contributed by atoms with Gasteiger partial charge in [0.2, 0.25) is 0 Å². The van der Waals surface area contributed by atoms with Crippen molar-refractivity contribution in [3.63, 3.8) is 0 Å². The van der Waals surface area contributed by atoms with Gasteiger partial charge in [-0.3, -0.25) is 4.79 Å². The number of nitrogens with zero attached hydrogens (tertiary/aromatic N) is 3. The van der Waals surface area contributed by atoms with Gasteiger partial charge in [0.25, 0.3) is 5.91 Å². The summed E-state index contributed by atoms with van der Waals surface area (Å²) in [6.45, 7) is 2.32. The van der Waals surface area contributed by atoms with Crippen LogP contribution in [0.1, 0.15) is 30.5 Å². The summed E-state index contributed by atoms with van der Waals surface area (Å²) in [6, 6.07) is 11.0. The van der Waals surface area contributed by atoms with Crippen LogP contribution in [0.5, 0.6) is 0 Å². The molecule has 2 aromatic rings. The number of methoxy groups -OCH3 is 1. The van der Waals surface area contributed by atoms with E-state index in [1.165, 1.54) is 24.1 Å². The lowest BCUT2D eigenvalue weighted by Crippen LogP contribution is -2.47. The molecule has 0 radical (unpaired) electrons. The molecule has 0 fully saturated rings. The van der Waals surface area contributed by atoms with Crippen molar-refractivity contribution in [3.8, 4) is 0 Å². The third-order valence-corrected chi connectivity index (χ3v) is 5.12. The number of carbonyl (C=O) groups is 2. The molecular formula is C23H26F2N4O3. The van der Waals surface area contributed by atoms with Gasteiger partial charge in [-0.25, -0.2) is 18.6 Å². The summed E-state index contributed by atoms with van der Waals surface area (Å²) in [5, 5.41) is 8.17. The molecule has 2 aromatic carbocycles. The Balaban J connectivity index is 1.92. The van der Waals surface area contributed by atoms with Crippen LogP contribution in [0.3, 0.4) is 0 Å². The smallest absolute Gasteiger partial charge is 0.317 e. The van der Waals surface area contributed by atoms with Crippen LogP contribution in [0.25, 0.3) is 0 Å². The van der Waals surface area contributed by atoms with Gasteiger partial charge in [0.1, 0.15) is 18.2 Å². The first-order valence-corrected chi connectivity index (χ1v) is 10.4. The molecule has 1 unspecified atom stereocenters. The number of hydrogen-bond donors (Lipinski definition) is 1. The summed E-state index contributed by atoms with van der Waals surface area (Å²) >= 11 is 0. The topological polar surface area (TPSA) is 74.2 Å². The molecule has 1 N–H and O–H groups in total. The first-order chi connectivity index (χ1) is 15.5. The van der Waals surface area contributed by atoms with E-state index in [4.69, 9.17) is 4.74 Å². The van der Waals surface area contributed by atoms with E-state index in [1.807, 2.05) is 0 Å². The van der Waals surface area contributed by atoms with Gasteiger partial charge in [-0.15, -0.1) is 0 Å². The Kier molecular flexibility index (Phi) is 7.88. The number of hydrazone groups is 1. The Morgan fingerprint density at radius 1 is 1.16 bits per heavy atom. The molecule has 170 valence electrons. The van der Waals surface area contributed by atoms with Crippen molar-refractivity contribution < 1.29 is 23.1 Å². The van der Waals surface area contributed by atoms with E-state index >= 15 is 0 Å². The van der Waals surface area contributed by atoms with Crippen molar-refractivity contribution in [2.24, 2.45) is 5.10 Å². The number of ether oxygens (including phenoxy) is 1. The maximum Gasteiger partial charge on any atom is 0.317 e. The molecule has 32 heavy (non-hydrogen) atoms. The Bertz CT molecular complexity index is 999. The number of urea groups is 1. The largest absolute Gasteiger partial charge is 0.383 e. The maximum absolute atomic E-state index is 14.6. The van der Waals surface area contributed by atoms with Gasteiger partial charge in [-0.1, -0.05) is 36.4 Å². The summed E-state index contributed by atoms with van der Waals surface area (Å²) in [5.74, 6) is -1.47. The molecule has 7 nitrogen and oxygen atoms in total. The van der Waals surface area contributed by atoms with Gasteiger partial charge in [0.05, 0.1) is 18.4 Å². The fraction of sp³-hybridized carbons (Fsp3) is 0.348. The van der Waals surface area contributed by atoms with Crippen LogP contribution in [0, 0.1) is 11.6 Å². The molecule has 3 rings (SSSR count). The Labute approximate surface area is 185 Å². The lowest BCUT2D eigenvalue weighted by atomic mass is 9.97. The molecule has 0 aromatic heterocycles. The number of hydrogen-bond acceptors (Lipinski definition) is 4. The molecular weight excluding hydrogens is 418 g/mol. The van der Waals surface area contributed by atoms with Crippen molar-refractivity contribution >= 4 is 17.6 Å². The molecule has 0 bridgehead atoms. The number of amides is 3. The van der Waals surface area contributed by atoms with Crippen LogP contribution in [-0.4, -0.2) is 60.9 Å². The third-order valence-electron chi connectivity index (χ3n) is 5.12. The summed E-state index contributed by atoms with van der Waals surface area (Å²) in [6.07, 6.45) is 0.146. The zero-order valence-corrected chi connectivity index (χ0v) is 18.1. The molecule has 0 saturated heterocycles. The Hall–Kier alpha value is -3.33. The molecule has 3 amide bonds. The van der Waals surface area contributed by atoms with Gasteiger partial charge >= 0.3 is 6.03 Å². The maximum atomic E-state index is 14.6. The lowest BCUT2D eigenvalue weighted by Gasteiger charge is -2.27. The lowest BCUT2D eigenvalue weighted by molar-refractivity contribution is -0.133. The van der Waals surface area contributed by atoms with Crippen LogP contribution < -0.4 is 5.32 Å². The summed E-state index contributed by atoms with van der Waals surface area (Å²) in [4.78, 5) is 26.9. The standard InChI is InChI=1S/C23H26F2N4O3/c1-3-26-23(31)28(12-13-32-2)15-22(30)29-21(17-9-5-7-11-19(17)25)14-20(27-29)16-8-4-6-10-18(16)24/h4-11,21H,3,12-15H2,1-2H3,(H,26,31). The fourth-order valence-electron chi connectivity index (χ4n) is 3.54. The SMILES string of the molecule is CCNC(=O)N(CCOC)CC(=O)N1N=C(c2ccccc2F)CC1c1ccccc1F. The van der Waals surface area contributed by atoms with E-state index in [0.717, 1.165) is 5.01 Å². The van der Waals surface area contributed by atoms with Crippen LogP contribution >= 0.6 is 0 Å². The molecule has 0 spiro atoms. The highest BCUT2D eigenvalue weighted by atomic mass is 19.1. The van der Waals surface area contributed by atoms with Gasteiger partial charge in [-0.05, 0) is 19.1 Å². The predicted molar refractivity (Wildman–Crippen MR) is 116 cm³/mol. The second kappa shape index (κ2) is 10.8. The van der Waals surface area contributed by atoms with Crippen LogP contribution in [0.2, 0.25) is 0 Å². The highest BCUT2D eigenvalue weighted by molar-refractivity contribution is 6.03. The van der Waals surface area contributed by atoms with E-state index in [9.17, 15) is 18.4 Å². The van der Waals surface area contributed by atoms with Gasteiger partial charge in [-0.2, -0.15) is 5.10 Å². The van der Waals surface area contributed by atoms with Gasteiger partial charge in [0, 0.05) is 37.7 Å². The average Bonchev–Trinajstić information content (AvgIpc) is 3.22. The zero-order valence-electron chi connectivity index (χ0n) is 18.1. The van der Waals surface area contributed by atoms with Gasteiger partial charge < -0.3 is 15.0 Å². The van der Waals surface area contributed by atoms with E-state index in [1.54, 1.807) is 43.3 Å². The molecule has 1 aliphatic rings. The van der Waals surface area contributed by atoms with E-state index in [0.29, 0.717) is 12.3 Å². The number of carbonyl (C=O) groups excluding carboxylic acids is 2. The van der Waals surface area contributed by atoms with E-state index in [2.05, 4.69) is 10.4 Å². The van der Waals surface area contributed by atoms with Gasteiger partial charge in [0.15, 0.2) is 0 Å². The predicted octanol–water partition coefficient (Wildman–Crippen LogP) is 3.32. The molecule has 1 aliphatic heterocycles. The second-order valence-electron chi connectivity index (χ2n) is 7.26. The normalized spacial score (nSPS) is 15.4. The molecule has 1 atom stereocenters. The third kappa shape index (κ3) is 5.28. The Morgan fingerprint density at radius 2 is 1.84 bits per heavy atom. The monoisotopic (exact) mass is 444 g/mol. The van der Waals surface area contributed by atoms with Crippen LogP contribution in [-0.2, 0) is 9.53 Å². The minimum atomic E-state index is -0.753. The Morgan fingerprint density at radius 3 is 2.50 bits per heavy atom. The summed E-state index contributed by atoms with van der Waals surface area (Å²) < 4.78 is 34.0. The summed E-state index contributed by atoms with van der Waals surface area (Å²) in [7, 11) is 1.50. The highest BCUT2D eigenvalue weighted by Gasteiger charge is 2.36. The average molecular weight is 444 g/mol. The van der Waals surface area contributed by atoms with Crippen molar-refractivity contribution in [3.05, 3.63) is 71.3 Å². The number of benzene rings is 2. The first kappa shape index (κ1) is 23.3. The van der Waals surface area contributed by atoms with E-state index < -0.39 is 29.6 Å². The second-order valence-corrected chi connectivity index (χ2v) is 7.26. The molecule has 0 aliphatic carbocycles. The van der Waals surface area contributed by atoms with Crippen molar-refractivity contribution in [1.29, 1.82) is 0 Å². The van der Waals surface area contributed by atoms with Crippen molar-refractivity contribution in [2.45, 2.75) is 19.4 Å². The number of halogens is 2. The fourth-order valence-corrected chi connectivity index (χ4v) is 3.54. The minimum absolute atomic E-state index is 0.146. The van der Waals surface area contributed by atoms with Crippen molar-refractivity contribution in [2.75, 3.05) is 33.4 Å². The summed E-state index contributed by atoms with van der Waals surface area (Å²) in [5.41, 5.74) is 0.868. The first-order valence-electron chi connectivity index (χ1n) is 10.4. The molecule has 0 saturated carbocycles. The highest BCUT2D eigenvalue weighted by Crippen LogP contribution is 2.34.